The third-order valence-corrected chi connectivity index (χ3v) is 4.98. The Balaban J connectivity index is 1.45. The van der Waals surface area contributed by atoms with Gasteiger partial charge in [0, 0.05) is 52.2 Å². The summed E-state index contributed by atoms with van der Waals surface area (Å²) < 4.78 is 5.56. The summed E-state index contributed by atoms with van der Waals surface area (Å²) in [7, 11) is 3.60. The summed E-state index contributed by atoms with van der Waals surface area (Å²) in [6, 6.07) is 10.8. The van der Waals surface area contributed by atoms with Gasteiger partial charge in [-0.3, -0.25) is 9.69 Å². The molecule has 2 aromatic rings. The molecule has 27 heavy (non-hydrogen) atoms. The standard InChI is InChI=1S/C20H27N5O2/c1-21-19-20(23-11-10-22-19)27-15-18(26)24(2)17-8-12-25(13-9-17)14-16-6-4-3-5-7-16/h3-7,10-11,17H,8-9,12-15H2,1-2H3,(H,21,22). The lowest BCUT2D eigenvalue weighted by molar-refractivity contribution is -0.135. The van der Waals surface area contributed by atoms with Crippen LogP contribution in [0.1, 0.15) is 18.4 Å². The zero-order chi connectivity index (χ0) is 19.1. The molecular formula is C20H27N5O2. The van der Waals surface area contributed by atoms with Crippen LogP contribution in [0.15, 0.2) is 42.7 Å². The second kappa shape index (κ2) is 9.32. The molecule has 1 N–H and O–H groups in total. The number of aromatic nitrogens is 2. The minimum atomic E-state index is -0.0378. The summed E-state index contributed by atoms with van der Waals surface area (Å²) in [6.07, 6.45) is 5.08. The number of amides is 1. The first kappa shape index (κ1) is 19.1. The van der Waals surface area contributed by atoms with Crippen LogP contribution in [-0.2, 0) is 11.3 Å². The van der Waals surface area contributed by atoms with E-state index >= 15 is 0 Å². The predicted molar refractivity (Wildman–Crippen MR) is 105 cm³/mol. The van der Waals surface area contributed by atoms with Gasteiger partial charge in [-0.15, -0.1) is 0 Å². The van der Waals surface area contributed by atoms with E-state index in [1.165, 1.54) is 5.56 Å². The zero-order valence-corrected chi connectivity index (χ0v) is 16.0. The first-order chi connectivity index (χ1) is 13.2. The van der Waals surface area contributed by atoms with E-state index in [-0.39, 0.29) is 18.6 Å². The molecule has 0 spiro atoms. The minimum absolute atomic E-state index is 0.0336. The van der Waals surface area contributed by atoms with Gasteiger partial charge < -0.3 is 15.0 Å². The molecule has 1 aliphatic rings. The Kier molecular flexibility index (Phi) is 6.59. The van der Waals surface area contributed by atoms with E-state index in [4.69, 9.17) is 4.74 Å². The van der Waals surface area contributed by atoms with Crippen molar-refractivity contribution < 1.29 is 9.53 Å². The van der Waals surface area contributed by atoms with Crippen LogP contribution < -0.4 is 10.1 Å². The molecule has 1 aliphatic heterocycles. The summed E-state index contributed by atoms with van der Waals surface area (Å²) in [5.41, 5.74) is 1.33. The Morgan fingerprint density at radius 2 is 1.93 bits per heavy atom. The highest BCUT2D eigenvalue weighted by molar-refractivity contribution is 5.78. The highest BCUT2D eigenvalue weighted by atomic mass is 16.5. The van der Waals surface area contributed by atoms with Crippen molar-refractivity contribution in [3.63, 3.8) is 0 Å². The molecule has 0 bridgehead atoms. The fourth-order valence-electron chi connectivity index (χ4n) is 3.34. The summed E-state index contributed by atoms with van der Waals surface area (Å²) in [6.45, 7) is 2.92. The van der Waals surface area contributed by atoms with E-state index in [0.717, 1.165) is 32.5 Å². The van der Waals surface area contributed by atoms with Gasteiger partial charge in [0.25, 0.3) is 11.8 Å². The van der Waals surface area contributed by atoms with Crippen LogP contribution in [0.3, 0.4) is 0 Å². The van der Waals surface area contributed by atoms with Crippen molar-refractivity contribution in [2.24, 2.45) is 0 Å². The molecule has 144 valence electrons. The van der Waals surface area contributed by atoms with Crippen molar-refractivity contribution in [2.75, 3.05) is 39.1 Å². The summed E-state index contributed by atoms with van der Waals surface area (Å²) in [5, 5.41) is 2.91. The highest BCUT2D eigenvalue weighted by Gasteiger charge is 2.25. The number of piperidine rings is 1. The molecule has 1 fully saturated rings. The van der Waals surface area contributed by atoms with Gasteiger partial charge in [0.1, 0.15) is 0 Å². The number of carbonyl (C=O) groups is 1. The van der Waals surface area contributed by atoms with Gasteiger partial charge in [0.15, 0.2) is 12.4 Å². The Hall–Kier alpha value is -2.67. The monoisotopic (exact) mass is 369 g/mol. The van der Waals surface area contributed by atoms with Crippen LogP contribution in [0.4, 0.5) is 5.82 Å². The second-order valence-corrected chi connectivity index (χ2v) is 6.75. The molecule has 7 nitrogen and oxygen atoms in total. The van der Waals surface area contributed by atoms with Crippen LogP contribution in [-0.4, -0.2) is 65.5 Å². The van der Waals surface area contributed by atoms with Crippen LogP contribution in [0.5, 0.6) is 5.88 Å². The summed E-state index contributed by atoms with van der Waals surface area (Å²) in [5.74, 6) is 0.839. The Morgan fingerprint density at radius 3 is 2.63 bits per heavy atom. The zero-order valence-electron chi connectivity index (χ0n) is 16.0. The van der Waals surface area contributed by atoms with Gasteiger partial charge in [-0.05, 0) is 18.4 Å². The van der Waals surface area contributed by atoms with E-state index in [1.807, 2.05) is 18.0 Å². The summed E-state index contributed by atoms with van der Waals surface area (Å²) >= 11 is 0. The normalized spacial score (nSPS) is 15.3. The average Bonchev–Trinajstić information content (AvgIpc) is 2.73. The van der Waals surface area contributed by atoms with E-state index in [9.17, 15) is 4.79 Å². The molecule has 0 radical (unpaired) electrons. The Labute approximate surface area is 160 Å². The van der Waals surface area contributed by atoms with Crippen molar-refractivity contribution in [3.05, 3.63) is 48.3 Å². The number of likely N-dealkylation sites (tertiary alicyclic amines) is 1. The molecule has 0 aliphatic carbocycles. The SMILES string of the molecule is CNc1nccnc1OCC(=O)N(C)C1CCN(Cc2ccccc2)CC1. The number of likely N-dealkylation sites (N-methyl/N-ethyl adjacent to an activating group) is 1. The van der Waals surface area contributed by atoms with E-state index in [0.29, 0.717) is 11.7 Å². The number of carbonyl (C=O) groups excluding carboxylic acids is 1. The molecule has 7 heteroatoms. The molecule has 1 saturated heterocycles. The van der Waals surface area contributed by atoms with Gasteiger partial charge in [0.05, 0.1) is 0 Å². The Bertz CT molecular complexity index is 732. The number of anilines is 1. The number of ether oxygens (including phenoxy) is 1. The first-order valence-corrected chi connectivity index (χ1v) is 9.31. The van der Waals surface area contributed by atoms with Gasteiger partial charge in [-0.1, -0.05) is 30.3 Å². The lowest BCUT2D eigenvalue weighted by Gasteiger charge is -2.36. The third-order valence-electron chi connectivity index (χ3n) is 4.98. The van der Waals surface area contributed by atoms with Crippen molar-refractivity contribution >= 4 is 11.7 Å². The van der Waals surface area contributed by atoms with Crippen molar-refractivity contribution in [3.8, 4) is 5.88 Å². The molecule has 1 aromatic heterocycles. The number of benzene rings is 1. The first-order valence-electron chi connectivity index (χ1n) is 9.31. The van der Waals surface area contributed by atoms with Gasteiger partial charge >= 0.3 is 0 Å². The molecule has 1 aromatic carbocycles. The molecule has 3 rings (SSSR count). The summed E-state index contributed by atoms with van der Waals surface area (Å²) in [4.78, 5) is 25.0. The van der Waals surface area contributed by atoms with Gasteiger partial charge in [-0.2, -0.15) is 0 Å². The number of nitrogens with zero attached hydrogens (tertiary/aromatic N) is 4. The largest absolute Gasteiger partial charge is 0.465 e. The minimum Gasteiger partial charge on any atom is -0.465 e. The predicted octanol–water partition coefficient (Wildman–Crippen LogP) is 2.02. The molecular weight excluding hydrogens is 342 g/mol. The van der Waals surface area contributed by atoms with Crippen LogP contribution in [0.2, 0.25) is 0 Å². The molecule has 0 atom stereocenters. The third kappa shape index (κ3) is 5.17. The maximum atomic E-state index is 12.5. The molecule has 2 heterocycles. The Morgan fingerprint density at radius 1 is 1.22 bits per heavy atom. The number of hydrogen-bond donors (Lipinski definition) is 1. The highest BCUT2D eigenvalue weighted by Crippen LogP contribution is 2.19. The van der Waals surface area contributed by atoms with E-state index < -0.39 is 0 Å². The quantitative estimate of drug-likeness (QED) is 0.805. The number of rotatable bonds is 7. The number of nitrogens with one attached hydrogen (secondary N) is 1. The van der Waals surface area contributed by atoms with Crippen LogP contribution in [0, 0.1) is 0 Å². The average molecular weight is 369 g/mol. The van der Waals surface area contributed by atoms with Crippen molar-refractivity contribution in [1.29, 1.82) is 0 Å². The van der Waals surface area contributed by atoms with E-state index in [1.54, 1.807) is 19.4 Å². The van der Waals surface area contributed by atoms with Gasteiger partial charge in [0.2, 0.25) is 0 Å². The topological polar surface area (TPSA) is 70.6 Å². The van der Waals surface area contributed by atoms with Crippen LogP contribution in [0.25, 0.3) is 0 Å². The smallest absolute Gasteiger partial charge is 0.260 e. The van der Waals surface area contributed by atoms with E-state index in [2.05, 4.69) is 44.5 Å². The maximum absolute atomic E-state index is 12.5. The molecule has 0 unspecified atom stereocenters. The van der Waals surface area contributed by atoms with Gasteiger partial charge in [-0.25, -0.2) is 9.97 Å². The van der Waals surface area contributed by atoms with Crippen molar-refractivity contribution in [2.45, 2.75) is 25.4 Å². The molecule has 1 amide bonds. The van der Waals surface area contributed by atoms with Crippen LogP contribution >= 0.6 is 0 Å². The maximum Gasteiger partial charge on any atom is 0.260 e. The fraction of sp³-hybridized carbons (Fsp3) is 0.450. The molecule has 0 saturated carbocycles. The lowest BCUT2D eigenvalue weighted by atomic mass is 10.0. The van der Waals surface area contributed by atoms with Crippen molar-refractivity contribution in [1.82, 2.24) is 19.8 Å². The number of hydrogen-bond acceptors (Lipinski definition) is 6. The fourth-order valence-corrected chi connectivity index (χ4v) is 3.34. The lowest BCUT2D eigenvalue weighted by Crippen LogP contribution is -2.46. The second-order valence-electron chi connectivity index (χ2n) is 6.75.